The van der Waals surface area contributed by atoms with E-state index in [-0.39, 0.29) is 24.5 Å². The highest BCUT2D eigenvalue weighted by Crippen LogP contribution is 2.23. The zero-order valence-corrected chi connectivity index (χ0v) is 20.2. The van der Waals surface area contributed by atoms with Crippen LogP contribution < -0.4 is 4.74 Å². The molecule has 0 bridgehead atoms. The second-order valence-corrected chi connectivity index (χ2v) is 8.69. The lowest BCUT2D eigenvalue weighted by Gasteiger charge is -2.32. The third-order valence-corrected chi connectivity index (χ3v) is 6.36. The molecule has 0 N–H and O–H groups in total. The Morgan fingerprint density at radius 1 is 1.00 bits per heavy atom. The van der Waals surface area contributed by atoms with Crippen molar-refractivity contribution in [2.45, 2.75) is 38.6 Å². The Bertz CT molecular complexity index is 1110. The van der Waals surface area contributed by atoms with Crippen molar-refractivity contribution in [2.24, 2.45) is 0 Å². The number of carbonyl (C=O) groups excluding carboxylic acids is 2. The number of carbonyl (C=O) groups is 2. The van der Waals surface area contributed by atoms with Crippen molar-refractivity contribution in [2.75, 3.05) is 26.2 Å². The van der Waals surface area contributed by atoms with E-state index in [9.17, 15) is 9.59 Å². The van der Waals surface area contributed by atoms with Gasteiger partial charge in [0.05, 0.1) is 11.6 Å². The third kappa shape index (κ3) is 6.23. The zero-order valence-electron chi connectivity index (χ0n) is 20.2. The van der Waals surface area contributed by atoms with Crippen molar-refractivity contribution in [3.63, 3.8) is 0 Å². The van der Waals surface area contributed by atoms with E-state index >= 15 is 0 Å². The van der Waals surface area contributed by atoms with Crippen LogP contribution in [0.25, 0.3) is 0 Å². The predicted octanol–water partition coefficient (Wildman–Crippen LogP) is 4.26. The number of hydrogen-bond acceptors (Lipinski definition) is 5. The number of nitrogens with zero attached hydrogens (tertiary/aromatic N) is 4. The summed E-state index contributed by atoms with van der Waals surface area (Å²) in [5.41, 5.74) is 2.04. The predicted molar refractivity (Wildman–Crippen MR) is 134 cm³/mol. The van der Waals surface area contributed by atoms with Gasteiger partial charge in [0.15, 0.2) is 0 Å². The summed E-state index contributed by atoms with van der Waals surface area (Å²) in [7, 11) is 0. The monoisotopic (exact) mass is 472 g/mol. The van der Waals surface area contributed by atoms with E-state index in [2.05, 4.69) is 22.1 Å². The molecule has 2 amide bonds. The van der Waals surface area contributed by atoms with Gasteiger partial charge in [-0.1, -0.05) is 42.5 Å². The van der Waals surface area contributed by atoms with Crippen molar-refractivity contribution >= 4 is 11.8 Å². The van der Waals surface area contributed by atoms with Crippen LogP contribution in [0.3, 0.4) is 0 Å². The molecule has 0 aliphatic carbocycles. The van der Waals surface area contributed by atoms with Crippen LogP contribution >= 0.6 is 0 Å². The van der Waals surface area contributed by atoms with Gasteiger partial charge < -0.3 is 14.5 Å². The summed E-state index contributed by atoms with van der Waals surface area (Å²) in [6.45, 7) is 4.17. The van der Waals surface area contributed by atoms with Crippen LogP contribution in [0, 0.1) is 0 Å². The van der Waals surface area contributed by atoms with Crippen molar-refractivity contribution in [1.82, 2.24) is 19.8 Å². The Balaban J connectivity index is 1.68. The smallest absolute Gasteiger partial charge is 0.272 e. The number of ether oxygens (including phenoxy) is 1. The first kappa shape index (κ1) is 24.4. The van der Waals surface area contributed by atoms with Gasteiger partial charge in [-0.05, 0) is 56.4 Å². The van der Waals surface area contributed by atoms with Crippen LogP contribution in [-0.4, -0.2) is 63.9 Å². The van der Waals surface area contributed by atoms with E-state index in [1.54, 1.807) is 12.3 Å². The average Bonchev–Trinajstić information content (AvgIpc) is 2.92. The summed E-state index contributed by atoms with van der Waals surface area (Å²) in [6.07, 6.45) is 6.25. The molecule has 0 radical (unpaired) electrons. The molecular weight excluding hydrogens is 440 g/mol. The lowest BCUT2D eigenvalue weighted by molar-refractivity contribution is 0.0599. The lowest BCUT2D eigenvalue weighted by atomic mass is 10.0. The lowest BCUT2D eigenvalue weighted by Crippen LogP contribution is -2.46. The van der Waals surface area contributed by atoms with Crippen LogP contribution in [0.4, 0.5) is 0 Å². The molecule has 0 saturated heterocycles. The van der Waals surface area contributed by atoms with Gasteiger partial charge in [0.1, 0.15) is 24.4 Å². The number of rotatable bonds is 4. The quantitative estimate of drug-likeness (QED) is 0.567. The van der Waals surface area contributed by atoms with Gasteiger partial charge in [-0.25, -0.2) is 9.97 Å². The fourth-order valence-electron chi connectivity index (χ4n) is 4.45. The Hall–Kier alpha value is -3.74. The van der Waals surface area contributed by atoms with E-state index in [0.717, 1.165) is 24.8 Å². The first-order valence-corrected chi connectivity index (χ1v) is 12.3. The fourth-order valence-corrected chi connectivity index (χ4v) is 4.45. The van der Waals surface area contributed by atoms with E-state index < -0.39 is 0 Å². The molecule has 0 spiro atoms. The first-order chi connectivity index (χ1) is 17.2. The highest BCUT2D eigenvalue weighted by molar-refractivity contribution is 5.97. The molecule has 1 aromatic heterocycles. The maximum absolute atomic E-state index is 13.6. The van der Waals surface area contributed by atoms with Gasteiger partial charge >= 0.3 is 0 Å². The van der Waals surface area contributed by atoms with Gasteiger partial charge in [-0.15, -0.1) is 0 Å². The largest absolute Gasteiger partial charge is 0.491 e. The summed E-state index contributed by atoms with van der Waals surface area (Å²) in [5.74, 6) is 0.393. The van der Waals surface area contributed by atoms with Gasteiger partial charge in [0, 0.05) is 25.8 Å². The van der Waals surface area contributed by atoms with Gasteiger partial charge in [-0.2, -0.15) is 0 Å². The molecule has 4 rings (SSSR count). The molecule has 0 unspecified atom stereocenters. The Labute approximate surface area is 206 Å². The number of amides is 2. The highest BCUT2D eigenvalue weighted by Gasteiger charge is 2.28. The minimum absolute atomic E-state index is 0.0177. The van der Waals surface area contributed by atoms with Crippen molar-refractivity contribution in [1.29, 1.82) is 0 Å². The van der Waals surface area contributed by atoms with E-state index in [1.807, 2.05) is 59.2 Å². The fraction of sp³-hybridized carbons (Fsp3) is 0.357. The normalized spacial score (nSPS) is 17.4. The van der Waals surface area contributed by atoms with Crippen LogP contribution in [0.2, 0.25) is 0 Å². The van der Waals surface area contributed by atoms with Gasteiger partial charge in [0.2, 0.25) is 0 Å². The summed E-state index contributed by atoms with van der Waals surface area (Å²) >= 11 is 0. The van der Waals surface area contributed by atoms with E-state index in [4.69, 9.17) is 4.74 Å². The number of benzene rings is 2. The summed E-state index contributed by atoms with van der Waals surface area (Å²) in [4.78, 5) is 38.8. The second-order valence-electron chi connectivity index (χ2n) is 8.69. The molecule has 182 valence electrons. The molecule has 7 heteroatoms. The number of para-hydroxylation sites is 1. The molecule has 2 aromatic carbocycles. The topological polar surface area (TPSA) is 75.6 Å². The standard InChI is InChI=1S/C28H32N4O3/c1-2-31-17-9-4-10-18-32(28(34)25-15-16-29-21-30-25)23(19-22-11-5-3-6-12-22)20-35-26-14-8-7-13-24(26)27(31)33/h3,5-8,11-16,21,23H,2,4,9-10,17-20H2,1H3/t23-/m0/s1. The Morgan fingerprint density at radius 3 is 2.54 bits per heavy atom. The molecule has 0 saturated carbocycles. The summed E-state index contributed by atoms with van der Waals surface area (Å²) in [5, 5.41) is 0. The molecule has 1 aliphatic heterocycles. The first-order valence-electron chi connectivity index (χ1n) is 12.3. The summed E-state index contributed by atoms with van der Waals surface area (Å²) < 4.78 is 6.29. The molecular formula is C28H32N4O3. The van der Waals surface area contributed by atoms with E-state index in [1.165, 1.54) is 6.33 Å². The summed E-state index contributed by atoms with van der Waals surface area (Å²) in [6, 6.07) is 18.9. The third-order valence-electron chi connectivity index (χ3n) is 6.36. The minimum atomic E-state index is -0.231. The van der Waals surface area contributed by atoms with Crippen LogP contribution in [0.1, 0.15) is 52.6 Å². The van der Waals surface area contributed by atoms with E-state index in [0.29, 0.717) is 43.1 Å². The minimum Gasteiger partial charge on any atom is -0.491 e. The van der Waals surface area contributed by atoms with Crippen molar-refractivity contribution < 1.29 is 14.3 Å². The van der Waals surface area contributed by atoms with Crippen molar-refractivity contribution in [3.05, 3.63) is 90.0 Å². The second kappa shape index (κ2) is 12.1. The SMILES string of the molecule is CCN1CCCCCN(C(=O)c2ccncn2)[C@@H](Cc2ccccc2)COc2ccccc2C1=O. The molecule has 7 nitrogen and oxygen atoms in total. The van der Waals surface area contributed by atoms with Gasteiger partial charge in [0.25, 0.3) is 11.8 Å². The number of aromatic nitrogens is 2. The molecule has 1 atom stereocenters. The number of hydrogen-bond donors (Lipinski definition) is 0. The molecule has 2 heterocycles. The molecule has 0 fully saturated rings. The highest BCUT2D eigenvalue weighted by atomic mass is 16.5. The van der Waals surface area contributed by atoms with Crippen LogP contribution in [0.15, 0.2) is 73.2 Å². The molecule has 1 aliphatic rings. The zero-order chi connectivity index (χ0) is 24.5. The van der Waals surface area contributed by atoms with Crippen molar-refractivity contribution in [3.8, 4) is 5.75 Å². The van der Waals surface area contributed by atoms with Crippen LogP contribution in [0.5, 0.6) is 5.75 Å². The van der Waals surface area contributed by atoms with Crippen LogP contribution in [-0.2, 0) is 6.42 Å². The maximum atomic E-state index is 13.6. The number of fused-ring (bicyclic) bond motifs is 1. The maximum Gasteiger partial charge on any atom is 0.272 e. The Kier molecular flexibility index (Phi) is 8.44. The molecule has 3 aromatic rings. The molecule has 35 heavy (non-hydrogen) atoms. The van der Waals surface area contributed by atoms with Gasteiger partial charge in [-0.3, -0.25) is 9.59 Å². The Morgan fingerprint density at radius 2 is 1.77 bits per heavy atom. The average molecular weight is 473 g/mol.